The first-order valence-electron chi connectivity index (χ1n) is 9.76. The molecule has 6 heteroatoms. The molecule has 4 rings (SSSR count). The number of hydrogen-bond donors (Lipinski definition) is 1. The van der Waals surface area contributed by atoms with Gasteiger partial charge in [0, 0.05) is 13.1 Å². The summed E-state index contributed by atoms with van der Waals surface area (Å²) in [5.41, 5.74) is 0.252. The van der Waals surface area contributed by atoms with E-state index >= 15 is 0 Å². The van der Waals surface area contributed by atoms with Crippen LogP contribution in [0.5, 0.6) is 0 Å². The normalized spacial score (nSPS) is 25.5. The Labute approximate surface area is 161 Å². The maximum Gasteiger partial charge on any atom is 0.407 e. The highest BCUT2D eigenvalue weighted by Gasteiger charge is 2.38. The van der Waals surface area contributed by atoms with Crippen molar-refractivity contribution in [2.45, 2.75) is 51.2 Å². The fraction of sp³-hybridized carbons (Fsp3) is 0.619. The first kappa shape index (κ1) is 19.7. The first-order valence-corrected chi connectivity index (χ1v) is 9.76. The standard InChI is InChI=1S/C21H30N2O4/c1-21(2,3)27-20(25)22-13-17(15-7-5-4-6-8-15)19(24)26-18-14-23-11-9-16(18)10-12-23/h4-8,16-18H,9-14H2,1-3H3,(H,22,25)/t17?,18-/m0/s1. The van der Waals surface area contributed by atoms with E-state index in [-0.39, 0.29) is 18.6 Å². The first-order chi connectivity index (χ1) is 12.8. The minimum atomic E-state index is -0.581. The van der Waals surface area contributed by atoms with Crippen LogP contribution in [0.15, 0.2) is 30.3 Å². The number of carbonyl (C=O) groups is 2. The predicted molar refractivity (Wildman–Crippen MR) is 102 cm³/mol. The van der Waals surface area contributed by atoms with Crippen LogP contribution in [0.1, 0.15) is 45.1 Å². The van der Waals surface area contributed by atoms with E-state index in [1.54, 1.807) is 0 Å². The van der Waals surface area contributed by atoms with E-state index in [2.05, 4.69) is 10.2 Å². The summed E-state index contributed by atoms with van der Waals surface area (Å²) in [6.07, 6.45) is 1.60. The fourth-order valence-corrected chi connectivity index (χ4v) is 3.80. The molecular formula is C21H30N2O4. The average Bonchev–Trinajstić information content (AvgIpc) is 2.62. The number of nitrogens with zero attached hydrogens (tertiary/aromatic N) is 1. The van der Waals surface area contributed by atoms with Gasteiger partial charge in [0.25, 0.3) is 0 Å². The van der Waals surface area contributed by atoms with Gasteiger partial charge in [-0.3, -0.25) is 9.69 Å². The third-order valence-electron chi connectivity index (χ3n) is 5.20. The zero-order valence-corrected chi connectivity index (χ0v) is 16.4. The Bertz CT molecular complexity index is 648. The van der Waals surface area contributed by atoms with Crippen LogP contribution >= 0.6 is 0 Å². The summed E-state index contributed by atoms with van der Waals surface area (Å²) in [7, 11) is 0. The minimum Gasteiger partial charge on any atom is -0.460 e. The molecule has 3 heterocycles. The maximum atomic E-state index is 13.0. The Hall–Kier alpha value is -2.08. The van der Waals surface area contributed by atoms with Crippen LogP contribution in [-0.2, 0) is 14.3 Å². The van der Waals surface area contributed by atoms with Crippen LogP contribution in [0.3, 0.4) is 0 Å². The lowest BCUT2D eigenvalue weighted by Gasteiger charge is -2.44. The second-order valence-corrected chi connectivity index (χ2v) is 8.46. The lowest BCUT2D eigenvalue weighted by atomic mass is 9.85. The van der Waals surface area contributed by atoms with Crippen molar-refractivity contribution in [3.63, 3.8) is 0 Å². The van der Waals surface area contributed by atoms with Gasteiger partial charge < -0.3 is 14.8 Å². The summed E-state index contributed by atoms with van der Waals surface area (Å²) in [5.74, 6) is -0.376. The van der Waals surface area contributed by atoms with Crippen molar-refractivity contribution >= 4 is 12.1 Å². The zero-order valence-electron chi connectivity index (χ0n) is 16.4. The molecule has 0 aromatic heterocycles. The number of fused-ring (bicyclic) bond motifs is 3. The van der Waals surface area contributed by atoms with Gasteiger partial charge in [0.1, 0.15) is 11.7 Å². The van der Waals surface area contributed by atoms with Crippen LogP contribution in [0.4, 0.5) is 4.79 Å². The number of rotatable bonds is 5. The Balaban J connectivity index is 1.64. The molecule has 1 amide bonds. The van der Waals surface area contributed by atoms with Crippen LogP contribution in [0.25, 0.3) is 0 Å². The number of amides is 1. The Morgan fingerprint density at radius 2 is 1.85 bits per heavy atom. The van der Waals surface area contributed by atoms with Gasteiger partial charge in [0.2, 0.25) is 0 Å². The highest BCUT2D eigenvalue weighted by atomic mass is 16.6. The molecule has 0 radical (unpaired) electrons. The summed E-state index contributed by atoms with van der Waals surface area (Å²) in [5, 5.41) is 2.72. The zero-order chi connectivity index (χ0) is 19.4. The van der Waals surface area contributed by atoms with Crippen molar-refractivity contribution in [1.82, 2.24) is 10.2 Å². The molecule has 1 unspecified atom stereocenters. The molecule has 0 aliphatic carbocycles. The van der Waals surface area contributed by atoms with Gasteiger partial charge in [-0.15, -0.1) is 0 Å². The van der Waals surface area contributed by atoms with E-state index in [9.17, 15) is 9.59 Å². The van der Waals surface area contributed by atoms with E-state index in [1.165, 1.54) is 0 Å². The van der Waals surface area contributed by atoms with Crippen molar-refractivity contribution in [2.24, 2.45) is 5.92 Å². The molecule has 3 aliphatic rings. The monoisotopic (exact) mass is 374 g/mol. The summed E-state index contributed by atoms with van der Waals surface area (Å²) in [6.45, 7) is 8.59. The molecule has 1 aromatic rings. The van der Waals surface area contributed by atoms with Crippen LogP contribution in [0, 0.1) is 5.92 Å². The number of hydrogen-bond acceptors (Lipinski definition) is 5. The third kappa shape index (κ3) is 5.45. The smallest absolute Gasteiger partial charge is 0.407 e. The van der Waals surface area contributed by atoms with Gasteiger partial charge in [-0.2, -0.15) is 0 Å². The van der Waals surface area contributed by atoms with Crippen LogP contribution in [-0.4, -0.2) is 54.8 Å². The van der Waals surface area contributed by atoms with Gasteiger partial charge in [0.05, 0.1) is 5.92 Å². The summed E-state index contributed by atoms with van der Waals surface area (Å²) >= 11 is 0. The van der Waals surface area contributed by atoms with Crippen molar-refractivity contribution in [1.29, 1.82) is 0 Å². The highest BCUT2D eigenvalue weighted by Crippen LogP contribution is 2.31. The van der Waals surface area contributed by atoms with Crippen molar-refractivity contribution in [3.8, 4) is 0 Å². The molecule has 2 bridgehead atoms. The lowest BCUT2D eigenvalue weighted by Crippen LogP contribution is -2.52. The van der Waals surface area contributed by atoms with E-state index in [1.807, 2.05) is 51.1 Å². The molecule has 3 aliphatic heterocycles. The number of piperidine rings is 3. The Morgan fingerprint density at radius 3 is 2.41 bits per heavy atom. The molecule has 148 valence electrons. The Morgan fingerprint density at radius 1 is 1.19 bits per heavy atom. The summed E-state index contributed by atoms with van der Waals surface area (Å²) in [6, 6.07) is 9.45. The number of benzene rings is 1. The third-order valence-corrected chi connectivity index (χ3v) is 5.20. The number of carbonyl (C=O) groups excluding carboxylic acids is 2. The second-order valence-electron chi connectivity index (χ2n) is 8.46. The molecule has 6 nitrogen and oxygen atoms in total. The number of esters is 1. The second kappa shape index (κ2) is 8.30. The van der Waals surface area contributed by atoms with Crippen LogP contribution < -0.4 is 5.32 Å². The van der Waals surface area contributed by atoms with E-state index < -0.39 is 17.6 Å². The quantitative estimate of drug-likeness (QED) is 0.803. The summed E-state index contributed by atoms with van der Waals surface area (Å²) < 4.78 is 11.2. The van der Waals surface area contributed by atoms with E-state index in [4.69, 9.17) is 9.47 Å². The molecule has 3 fully saturated rings. The van der Waals surface area contributed by atoms with E-state index in [0.717, 1.165) is 38.0 Å². The van der Waals surface area contributed by atoms with Gasteiger partial charge >= 0.3 is 12.1 Å². The molecule has 27 heavy (non-hydrogen) atoms. The highest BCUT2D eigenvalue weighted by molar-refractivity contribution is 5.79. The Kier molecular flexibility index (Phi) is 6.05. The summed E-state index contributed by atoms with van der Waals surface area (Å²) in [4.78, 5) is 27.3. The van der Waals surface area contributed by atoms with Crippen molar-refractivity contribution in [2.75, 3.05) is 26.2 Å². The number of nitrogens with one attached hydrogen (secondary N) is 1. The molecule has 1 aromatic carbocycles. The molecule has 2 atom stereocenters. The van der Waals surface area contributed by atoms with Gasteiger partial charge in [-0.25, -0.2) is 4.79 Å². The molecule has 0 saturated carbocycles. The van der Waals surface area contributed by atoms with Gasteiger partial charge in [0.15, 0.2) is 0 Å². The van der Waals surface area contributed by atoms with Crippen molar-refractivity contribution in [3.05, 3.63) is 35.9 Å². The molecular weight excluding hydrogens is 344 g/mol. The topological polar surface area (TPSA) is 67.9 Å². The number of ether oxygens (including phenoxy) is 2. The molecule has 0 spiro atoms. The largest absolute Gasteiger partial charge is 0.460 e. The molecule has 3 saturated heterocycles. The maximum absolute atomic E-state index is 13.0. The van der Waals surface area contributed by atoms with E-state index in [0.29, 0.717) is 5.92 Å². The lowest BCUT2D eigenvalue weighted by molar-refractivity contribution is -0.160. The predicted octanol–water partition coefficient (Wildman–Crippen LogP) is 2.93. The SMILES string of the molecule is CC(C)(C)OC(=O)NCC(C(=O)O[C@H]1CN2CCC1CC2)c1ccccc1. The average molecular weight is 374 g/mol. The van der Waals surface area contributed by atoms with Gasteiger partial charge in [-0.05, 0) is 58.2 Å². The number of alkyl carbamates (subject to hydrolysis) is 1. The van der Waals surface area contributed by atoms with Crippen molar-refractivity contribution < 1.29 is 19.1 Å². The van der Waals surface area contributed by atoms with Crippen LogP contribution in [0.2, 0.25) is 0 Å². The fourth-order valence-electron chi connectivity index (χ4n) is 3.80. The van der Waals surface area contributed by atoms with Gasteiger partial charge in [-0.1, -0.05) is 30.3 Å². The molecule has 1 N–H and O–H groups in total. The minimum absolute atomic E-state index is 0.0484.